The SMILES string of the molecule is CCc1cc(C2CCC(C3CCC(C)CC3)CC2)ccc1-c1cc(CC)c(OCC(CC)CC)c(CC)c1CC. The van der Waals surface area contributed by atoms with Crippen LogP contribution in [0.4, 0.5) is 0 Å². The molecule has 2 aromatic rings. The maximum Gasteiger partial charge on any atom is 0.125 e. The molecule has 0 atom stereocenters. The summed E-state index contributed by atoms with van der Waals surface area (Å²) in [7, 11) is 0. The number of hydrogen-bond acceptors (Lipinski definition) is 1. The van der Waals surface area contributed by atoms with Crippen molar-refractivity contribution in [2.45, 2.75) is 144 Å². The summed E-state index contributed by atoms with van der Waals surface area (Å²) in [5.41, 5.74) is 10.4. The molecule has 0 bridgehead atoms. The first-order valence-electron chi connectivity index (χ1n) is 17.4. The first-order valence-corrected chi connectivity index (χ1v) is 17.4. The molecule has 0 aliphatic heterocycles. The van der Waals surface area contributed by atoms with E-state index in [0.717, 1.165) is 56.0 Å². The summed E-state index contributed by atoms with van der Waals surface area (Å²) in [6, 6.07) is 10.1. The van der Waals surface area contributed by atoms with Crippen LogP contribution < -0.4 is 4.74 Å². The minimum atomic E-state index is 0.639. The Bertz CT molecular complexity index is 1060. The van der Waals surface area contributed by atoms with Gasteiger partial charge >= 0.3 is 0 Å². The molecule has 2 aliphatic carbocycles. The van der Waals surface area contributed by atoms with Crippen LogP contribution in [0.5, 0.6) is 5.75 Å². The third kappa shape index (κ3) is 6.99. The van der Waals surface area contributed by atoms with E-state index in [4.69, 9.17) is 4.74 Å². The Kier molecular flexibility index (Phi) is 11.6. The van der Waals surface area contributed by atoms with Gasteiger partial charge in [-0.25, -0.2) is 0 Å². The Labute approximate surface area is 247 Å². The topological polar surface area (TPSA) is 9.23 Å². The van der Waals surface area contributed by atoms with E-state index >= 15 is 0 Å². The fourth-order valence-electron chi connectivity index (χ4n) is 8.11. The van der Waals surface area contributed by atoms with Crippen molar-refractivity contribution in [3.8, 4) is 16.9 Å². The normalized spacial score (nSPS) is 23.5. The van der Waals surface area contributed by atoms with E-state index < -0.39 is 0 Å². The molecule has 0 spiro atoms. The highest BCUT2D eigenvalue weighted by atomic mass is 16.5. The van der Waals surface area contributed by atoms with Crippen LogP contribution in [0.15, 0.2) is 24.3 Å². The Hall–Kier alpha value is -1.76. The molecule has 2 aliphatic rings. The third-order valence-corrected chi connectivity index (χ3v) is 11.1. The molecule has 4 rings (SSSR count). The van der Waals surface area contributed by atoms with Crippen LogP contribution in [-0.2, 0) is 25.7 Å². The van der Waals surface area contributed by atoms with Gasteiger partial charge in [-0.2, -0.15) is 0 Å². The molecule has 2 aromatic carbocycles. The average molecular weight is 545 g/mol. The molecule has 0 radical (unpaired) electrons. The number of rotatable bonds is 12. The predicted molar refractivity (Wildman–Crippen MR) is 175 cm³/mol. The van der Waals surface area contributed by atoms with Gasteiger partial charge in [0, 0.05) is 0 Å². The van der Waals surface area contributed by atoms with Crippen molar-refractivity contribution in [2.24, 2.45) is 23.7 Å². The zero-order chi connectivity index (χ0) is 28.6. The lowest BCUT2D eigenvalue weighted by molar-refractivity contribution is 0.165. The highest BCUT2D eigenvalue weighted by molar-refractivity contribution is 5.75. The maximum absolute atomic E-state index is 6.64. The fourth-order valence-corrected chi connectivity index (χ4v) is 8.11. The van der Waals surface area contributed by atoms with Gasteiger partial charge < -0.3 is 4.74 Å². The van der Waals surface area contributed by atoms with Crippen molar-refractivity contribution in [3.63, 3.8) is 0 Å². The van der Waals surface area contributed by atoms with Crippen LogP contribution in [0.1, 0.15) is 146 Å². The number of ether oxygens (including phenoxy) is 1. The predicted octanol–water partition coefficient (Wildman–Crippen LogP) is 11.5. The molecule has 0 heterocycles. The van der Waals surface area contributed by atoms with E-state index in [-0.39, 0.29) is 0 Å². The molecule has 1 nitrogen and oxygen atoms in total. The van der Waals surface area contributed by atoms with Gasteiger partial charge in [-0.1, -0.05) is 92.3 Å². The molecule has 0 saturated heterocycles. The maximum atomic E-state index is 6.64. The highest BCUT2D eigenvalue weighted by Gasteiger charge is 2.30. The molecular formula is C39H60O. The van der Waals surface area contributed by atoms with Crippen LogP contribution in [-0.4, -0.2) is 6.61 Å². The summed E-state index contributed by atoms with van der Waals surface area (Å²) in [5, 5.41) is 0. The minimum absolute atomic E-state index is 0.639. The lowest BCUT2D eigenvalue weighted by Crippen LogP contribution is -2.24. The summed E-state index contributed by atoms with van der Waals surface area (Å²) in [6.07, 6.45) is 18.2. The van der Waals surface area contributed by atoms with Gasteiger partial charge in [0.05, 0.1) is 6.61 Å². The number of aryl methyl sites for hydroxylation is 2. The van der Waals surface area contributed by atoms with Crippen LogP contribution >= 0.6 is 0 Å². The monoisotopic (exact) mass is 544 g/mol. The van der Waals surface area contributed by atoms with Gasteiger partial charge in [-0.3, -0.25) is 0 Å². The molecule has 0 unspecified atom stereocenters. The summed E-state index contributed by atoms with van der Waals surface area (Å²) in [4.78, 5) is 0. The molecular weight excluding hydrogens is 484 g/mol. The molecule has 0 aromatic heterocycles. The summed E-state index contributed by atoms with van der Waals surface area (Å²) >= 11 is 0. The Morgan fingerprint density at radius 3 is 1.80 bits per heavy atom. The van der Waals surface area contributed by atoms with Gasteiger partial charge in [0.25, 0.3) is 0 Å². The second kappa shape index (κ2) is 14.9. The van der Waals surface area contributed by atoms with Crippen molar-refractivity contribution in [1.29, 1.82) is 0 Å². The van der Waals surface area contributed by atoms with Crippen LogP contribution in [0.25, 0.3) is 11.1 Å². The van der Waals surface area contributed by atoms with Gasteiger partial charge in [0.1, 0.15) is 5.75 Å². The third-order valence-electron chi connectivity index (χ3n) is 11.1. The Morgan fingerprint density at radius 1 is 0.650 bits per heavy atom. The number of benzene rings is 2. The van der Waals surface area contributed by atoms with E-state index in [2.05, 4.69) is 72.7 Å². The Balaban J connectivity index is 1.58. The molecule has 2 fully saturated rings. The smallest absolute Gasteiger partial charge is 0.125 e. The minimum Gasteiger partial charge on any atom is -0.493 e. The zero-order valence-corrected chi connectivity index (χ0v) is 27.2. The summed E-state index contributed by atoms with van der Waals surface area (Å²) < 4.78 is 6.64. The van der Waals surface area contributed by atoms with E-state index in [1.54, 1.807) is 5.56 Å². The molecule has 40 heavy (non-hydrogen) atoms. The van der Waals surface area contributed by atoms with Crippen molar-refractivity contribution in [1.82, 2.24) is 0 Å². The van der Waals surface area contributed by atoms with Crippen LogP contribution in [0.3, 0.4) is 0 Å². The first-order chi connectivity index (χ1) is 19.5. The molecule has 2 saturated carbocycles. The summed E-state index contributed by atoms with van der Waals surface area (Å²) in [6.45, 7) is 17.2. The van der Waals surface area contributed by atoms with Gasteiger partial charge in [-0.15, -0.1) is 0 Å². The van der Waals surface area contributed by atoms with E-state index in [1.165, 1.54) is 103 Å². The molecule has 222 valence electrons. The second-order valence-corrected chi connectivity index (χ2v) is 13.3. The van der Waals surface area contributed by atoms with E-state index in [9.17, 15) is 0 Å². The molecule has 0 N–H and O–H groups in total. The lowest BCUT2D eigenvalue weighted by Gasteiger charge is -2.37. The van der Waals surface area contributed by atoms with Gasteiger partial charge in [0.15, 0.2) is 0 Å². The van der Waals surface area contributed by atoms with Crippen molar-refractivity contribution < 1.29 is 4.74 Å². The van der Waals surface area contributed by atoms with E-state index in [1.807, 2.05) is 0 Å². The van der Waals surface area contributed by atoms with Crippen molar-refractivity contribution in [2.75, 3.05) is 6.61 Å². The van der Waals surface area contributed by atoms with E-state index in [0.29, 0.717) is 5.92 Å². The number of hydrogen-bond donors (Lipinski definition) is 0. The van der Waals surface area contributed by atoms with Gasteiger partial charge in [0.2, 0.25) is 0 Å². The fraction of sp³-hybridized carbons (Fsp3) is 0.692. The molecule has 0 amide bonds. The molecule has 1 heteroatoms. The highest BCUT2D eigenvalue weighted by Crippen LogP contribution is 2.45. The van der Waals surface area contributed by atoms with Crippen LogP contribution in [0, 0.1) is 23.7 Å². The second-order valence-electron chi connectivity index (χ2n) is 13.3. The summed E-state index contributed by atoms with van der Waals surface area (Å²) in [5.74, 6) is 5.55. The van der Waals surface area contributed by atoms with Crippen molar-refractivity contribution >= 4 is 0 Å². The largest absolute Gasteiger partial charge is 0.493 e. The average Bonchev–Trinajstić information content (AvgIpc) is 3.01. The van der Waals surface area contributed by atoms with Crippen molar-refractivity contribution in [3.05, 3.63) is 52.1 Å². The first kappa shape index (κ1) is 31.2. The quantitative estimate of drug-likeness (QED) is 0.258. The zero-order valence-electron chi connectivity index (χ0n) is 27.2. The van der Waals surface area contributed by atoms with Gasteiger partial charge in [-0.05, 0) is 139 Å². The Morgan fingerprint density at radius 2 is 1.25 bits per heavy atom. The standard InChI is InChI=1S/C39H60O/c1-8-28(9-2)26-40-39-30(11-4)25-38(35(12-5)36(39)13-6)37-23-22-34(24-29(37)10-3)33-20-18-32(19-21-33)31-16-14-27(7)15-17-31/h22-25,27-28,31-33H,8-21,26H2,1-7H3. The lowest BCUT2D eigenvalue weighted by atomic mass is 9.68. The van der Waals surface area contributed by atoms with Crippen LogP contribution in [0.2, 0.25) is 0 Å².